The minimum Gasteiger partial charge on any atom is -0.493 e. The molecule has 0 aliphatic carbocycles. The maximum atomic E-state index is 12.1. The predicted molar refractivity (Wildman–Crippen MR) is 121 cm³/mol. The Morgan fingerprint density at radius 3 is 2.57 bits per heavy atom. The summed E-state index contributed by atoms with van der Waals surface area (Å²) in [5.74, 6) is 0.714. The van der Waals surface area contributed by atoms with Gasteiger partial charge in [-0.2, -0.15) is 5.26 Å². The number of halogens is 1. The summed E-state index contributed by atoms with van der Waals surface area (Å²) < 4.78 is 12.2. The zero-order chi connectivity index (χ0) is 21.7. The first-order chi connectivity index (χ1) is 14.4. The third kappa shape index (κ3) is 4.64. The molecule has 0 aromatic heterocycles. The summed E-state index contributed by atoms with van der Waals surface area (Å²) >= 11 is 3.51. The summed E-state index contributed by atoms with van der Waals surface area (Å²) in [4.78, 5) is 13.5. The van der Waals surface area contributed by atoms with Crippen LogP contribution in [0.4, 0.5) is 0 Å². The van der Waals surface area contributed by atoms with E-state index in [1.807, 2.05) is 30.3 Å². The van der Waals surface area contributed by atoms with Gasteiger partial charge >= 0.3 is 0 Å². The van der Waals surface area contributed by atoms with Crippen LogP contribution in [0.3, 0.4) is 0 Å². The molecular weight excluding hydrogens is 444 g/mol. The van der Waals surface area contributed by atoms with E-state index in [4.69, 9.17) is 9.47 Å². The second-order valence-electron chi connectivity index (χ2n) is 6.82. The molecule has 0 saturated carbocycles. The van der Waals surface area contributed by atoms with Crippen molar-refractivity contribution in [3.05, 3.63) is 75.8 Å². The molecular formula is C24H21BrN2O3. The highest BCUT2D eigenvalue weighted by molar-refractivity contribution is 9.10. The average molecular weight is 465 g/mol. The average Bonchev–Trinajstić information content (AvgIpc) is 2.76. The first kappa shape index (κ1) is 21.4. The van der Waals surface area contributed by atoms with Crippen LogP contribution in [-0.4, -0.2) is 32.0 Å². The van der Waals surface area contributed by atoms with Crippen LogP contribution in [0.15, 0.2) is 64.6 Å². The molecule has 0 radical (unpaired) electrons. The van der Waals surface area contributed by atoms with Crippen molar-refractivity contribution in [2.75, 3.05) is 21.2 Å². The van der Waals surface area contributed by atoms with Crippen molar-refractivity contribution >= 4 is 38.7 Å². The van der Waals surface area contributed by atoms with Gasteiger partial charge in [-0.3, -0.25) is 4.79 Å². The van der Waals surface area contributed by atoms with Gasteiger partial charge in [0.05, 0.1) is 7.11 Å². The smallest absolute Gasteiger partial charge is 0.264 e. The highest BCUT2D eigenvalue weighted by atomic mass is 79.9. The third-order valence-corrected chi connectivity index (χ3v) is 5.29. The molecule has 152 valence electrons. The first-order valence-corrected chi connectivity index (χ1v) is 10.0. The number of benzene rings is 3. The molecule has 3 aromatic rings. The normalized spacial score (nSPS) is 11.1. The van der Waals surface area contributed by atoms with Gasteiger partial charge in [-0.1, -0.05) is 58.4 Å². The zero-order valence-corrected chi connectivity index (χ0v) is 18.6. The molecule has 0 saturated heterocycles. The summed E-state index contributed by atoms with van der Waals surface area (Å²) in [6.45, 7) is 0.377. The number of fused-ring (bicyclic) bond motifs is 1. The van der Waals surface area contributed by atoms with Crippen molar-refractivity contribution in [2.45, 2.75) is 6.61 Å². The lowest BCUT2D eigenvalue weighted by Gasteiger charge is -2.14. The molecule has 3 rings (SSSR count). The SMILES string of the molecule is COc1cc(/C=C(/C#N)C(=O)N(C)C)c(Br)cc1OCc1cccc2ccccc12. The van der Waals surface area contributed by atoms with E-state index in [1.54, 1.807) is 33.3 Å². The van der Waals surface area contributed by atoms with Crippen LogP contribution in [0.5, 0.6) is 11.5 Å². The Hall–Kier alpha value is -3.30. The van der Waals surface area contributed by atoms with Crippen molar-refractivity contribution in [2.24, 2.45) is 0 Å². The fraction of sp³-hybridized carbons (Fsp3) is 0.167. The van der Waals surface area contributed by atoms with Crippen molar-refractivity contribution in [1.29, 1.82) is 5.26 Å². The van der Waals surface area contributed by atoms with Crippen LogP contribution in [0.1, 0.15) is 11.1 Å². The van der Waals surface area contributed by atoms with Gasteiger partial charge in [0.25, 0.3) is 5.91 Å². The molecule has 0 fully saturated rings. The molecule has 0 spiro atoms. The summed E-state index contributed by atoms with van der Waals surface area (Å²) in [5.41, 5.74) is 1.75. The Bertz CT molecular complexity index is 1160. The van der Waals surface area contributed by atoms with Gasteiger partial charge in [0.1, 0.15) is 18.2 Å². The van der Waals surface area contributed by atoms with Crippen LogP contribution in [-0.2, 0) is 11.4 Å². The van der Waals surface area contributed by atoms with Gasteiger partial charge in [0.2, 0.25) is 0 Å². The number of ether oxygens (including phenoxy) is 2. The maximum Gasteiger partial charge on any atom is 0.264 e. The largest absolute Gasteiger partial charge is 0.493 e. The summed E-state index contributed by atoms with van der Waals surface area (Å²) in [6, 6.07) is 19.7. The molecule has 0 heterocycles. The van der Waals surface area contributed by atoms with Crippen molar-refractivity contribution in [3.8, 4) is 17.6 Å². The molecule has 1 amide bonds. The van der Waals surface area contributed by atoms with Crippen LogP contribution in [0, 0.1) is 11.3 Å². The minimum atomic E-state index is -0.361. The highest BCUT2D eigenvalue weighted by Gasteiger charge is 2.15. The Morgan fingerprint density at radius 1 is 1.13 bits per heavy atom. The van der Waals surface area contributed by atoms with Gasteiger partial charge < -0.3 is 14.4 Å². The van der Waals surface area contributed by atoms with E-state index >= 15 is 0 Å². The topological polar surface area (TPSA) is 62.6 Å². The molecule has 0 atom stereocenters. The van der Waals surface area contributed by atoms with E-state index in [-0.39, 0.29) is 11.5 Å². The molecule has 0 aliphatic rings. The molecule has 5 nitrogen and oxygen atoms in total. The van der Waals surface area contributed by atoms with Crippen LogP contribution in [0.2, 0.25) is 0 Å². The second kappa shape index (κ2) is 9.47. The number of nitrogens with zero attached hydrogens (tertiary/aromatic N) is 2. The monoisotopic (exact) mass is 464 g/mol. The van der Waals surface area contributed by atoms with Gasteiger partial charge in [0.15, 0.2) is 11.5 Å². The quantitative estimate of drug-likeness (QED) is 0.372. The number of carbonyl (C=O) groups is 1. The van der Waals surface area contributed by atoms with Crippen molar-refractivity contribution in [1.82, 2.24) is 4.90 Å². The van der Waals surface area contributed by atoms with E-state index in [0.29, 0.717) is 28.1 Å². The standard InChI is InChI=1S/C24H21BrN2O3/c1-27(2)24(28)19(14-26)11-18-12-22(29-3)23(13-21(18)25)30-15-17-9-6-8-16-7-4-5-10-20(16)17/h4-13H,15H2,1-3H3/b19-11-. The molecule has 0 bridgehead atoms. The van der Waals surface area contributed by atoms with Gasteiger partial charge in [-0.05, 0) is 40.1 Å². The number of nitriles is 1. The van der Waals surface area contributed by atoms with E-state index < -0.39 is 0 Å². The number of rotatable bonds is 6. The molecule has 0 N–H and O–H groups in total. The van der Waals surface area contributed by atoms with Gasteiger partial charge in [-0.25, -0.2) is 0 Å². The Morgan fingerprint density at radius 2 is 1.87 bits per heavy atom. The van der Waals surface area contributed by atoms with Gasteiger partial charge in [0, 0.05) is 18.6 Å². The van der Waals surface area contributed by atoms with Crippen LogP contribution < -0.4 is 9.47 Å². The molecule has 0 unspecified atom stereocenters. The number of amides is 1. The predicted octanol–water partition coefficient (Wildman–Crippen LogP) is 5.19. The third-order valence-electron chi connectivity index (χ3n) is 4.60. The fourth-order valence-corrected chi connectivity index (χ4v) is 3.48. The zero-order valence-electron chi connectivity index (χ0n) is 17.0. The highest BCUT2D eigenvalue weighted by Crippen LogP contribution is 2.35. The number of likely N-dealkylation sites (N-methyl/N-ethyl adjacent to an activating group) is 1. The fourth-order valence-electron chi connectivity index (χ4n) is 3.05. The van der Waals surface area contributed by atoms with Crippen LogP contribution in [0.25, 0.3) is 16.8 Å². The summed E-state index contributed by atoms with van der Waals surface area (Å²) in [7, 11) is 4.76. The minimum absolute atomic E-state index is 0.0344. The van der Waals surface area contributed by atoms with Gasteiger partial charge in [-0.15, -0.1) is 0 Å². The number of methoxy groups -OCH3 is 1. The second-order valence-corrected chi connectivity index (χ2v) is 7.68. The van der Waals surface area contributed by atoms with E-state index in [1.165, 1.54) is 11.0 Å². The summed E-state index contributed by atoms with van der Waals surface area (Å²) in [6.07, 6.45) is 1.53. The number of hydrogen-bond acceptors (Lipinski definition) is 4. The lowest BCUT2D eigenvalue weighted by Crippen LogP contribution is -2.22. The summed E-state index contributed by atoms with van der Waals surface area (Å²) in [5, 5.41) is 11.6. The van der Waals surface area contributed by atoms with Crippen LogP contribution >= 0.6 is 15.9 Å². The Balaban J connectivity index is 1.91. The molecule has 6 heteroatoms. The lowest BCUT2D eigenvalue weighted by atomic mass is 10.1. The van der Waals surface area contributed by atoms with Crippen molar-refractivity contribution in [3.63, 3.8) is 0 Å². The first-order valence-electron chi connectivity index (χ1n) is 9.25. The molecule has 30 heavy (non-hydrogen) atoms. The van der Waals surface area contributed by atoms with E-state index in [2.05, 4.69) is 34.1 Å². The Kier molecular flexibility index (Phi) is 6.76. The number of carbonyl (C=O) groups excluding carboxylic acids is 1. The lowest BCUT2D eigenvalue weighted by molar-refractivity contribution is -0.124. The maximum absolute atomic E-state index is 12.1. The van der Waals surface area contributed by atoms with Crippen molar-refractivity contribution < 1.29 is 14.3 Å². The molecule has 0 aliphatic heterocycles. The van der Waals surface area contributed by atoms with E-state index in [0.717, 1.165) is 16.3 Å². The van der Waals surface area contributed by atoms with E-state index in [9.17, 15) is 10.1 Å². The molecule has 3 aromatic carbocycles. The number of hydrogen-bond donors (Lipinski definition) is 0. The Labute approximate surface area is 184 Å².